The maximum absolute atomic E-state index is 3.71. The molecule has 0 aromatic rings. The number of rotatable bonds is 7. The van der Waals surface area contributed by atoms with Crippen LogP contribution < -0.4 is 5.32 Å². The molecule has 0 bridgehead atoms. The van der Waals surface area contributed by atoms with Crippen molar-refractivity contribution < 1.29 is 0 Å². The summed E-state index contributed by atoms with van der Waals surface area (Å²) < 4.78 is 0. The summed E-state index contributed by atoms with van der Waals surface area (Å²) in [7, 11) is 2.39. The predicted octanol–water partition coefficient (Wildman–Crippen LogP) is 4.06. The Hall–Kier alpha value is -0.0800. The van der Waals surface area contributed by atoms with E-state index in [0.717, 1.165) is 12.0 Å². The Labute approximate surface area is 126 Å². The molecular weight excluding hydrogens is 244 g/mol. The van der Waals surface area contributed by atoms with Crippen molar-refractivity contribution in [2.45, 2.75) is 77.7 Å². The third kappa shape index (κ3) is 4.46. The van der Waals surface area contributed by atoms with E-state index in [-0.39, 0.29) is 0 Å². The first-order valence-corrected chi connectivity index (χ1v) is 9.06. The number of hydrogen-bond acceptors (Lipinski definition) is 2. The Kier molecular flexibility index (Phi) is 6.35. The minimum atomic E-state index is 0.576. The number of hydrogen-bond donors (Lipinski definition) is 1. The van der Waals surface area contributed by atoms with Crippen molar-refractivity contribution in [2.24, 2.45) is 11.3 Å². The zero-order valence-electron chi connectivity index (χ0n) is 14.1. The maximum Gasteiger partial charge on any atom is 0.00926 e. The quantitative estimate of drug-likeness (QED) is 0.708. The Morgan fingerprint density at radius 2 is 1.75 bits per heavy atom. The second-order valence-electron chi connectivity index (χ2n) is 7.71. The second-order valence-corrected chi connectivity index (χ2v) is 7.71. The molecular formula is C18H36N2. The first-order valence-electron chi connectivity index (χ1n) is 9.06. The van der Waals surface area contributed by atoms with Crippen LogP contribution in [0.4, 0.5) is 0 Å². The van der Waals surface area contributed by atoms with Gasteiger partial charge in [0.25, 0.3) is 0 Å². The van der Waals surface area contributed by atoms with Gasteiger partial charge < -0.3 is 10.2 Å². The zero-order valence-corrected chi connectivity index (χ0v) is 14.1. The van der Waals surface area contributed by atoms with Gasteiger partial charge in [-0.05, 0) is 69.9 Å². The van der Waals surface area contributed by atoms with Gasteiger partial charge in [-0.15, -0.1) is 0 Å². The van der Waals surface area contributed by atoms with Crippen LogP contribution in [0.2, 0.25) is 0 Å². The Morgan fingerprint density at radius 1 is 1.10 bits per heavy atom. The van der Waals surface area contributed by atoms with Crippen molar-refractivity contribution in [1.29, 1.82) is 0 Å². The van der Waals surface area contributed by atoms with Gasteiger partial charge in [0, 0.05) is 19.1 Å². The van der Waals surface area contributed by atoms with Crippen molar-refractivity contribution in [2.75, 3.05) is 26.7 Å². The SMILES string of the molecule is CCCNCC1(CN(C)C2CCC(C)CC2)CCCC1. The summed E-state index contributed by atoms with van der Waals surface area (Å²) in [5.41, 5.74) is 0.576. The van der Waals surface area contributed by atoms with Crippen molar-refractivity contribution in [3.8, 4) is 0 Å². The summed E-state index contributed by atoms with van der Waals surface area (Å²) in [4.78, 5) is 2.71. The molecule has 118 valence electrons. The first kappa shape index (κ1) is 16.3. The van der Waals surface area contributed by atoms with Crippen LogP contribution in [-0.4, -0.2) is 37.6 Å². The highest BCUT2D eigenvalue weighted by atomic mass is 15.1. The van der Waals surface area contributed by atoms with E-state index in [1.807, 2.05) is 0 Å². The van der Waals surface area contributed by atoms with Crippen molar-refractivity contribution in [1.82, 2.24) is 10.2 Å². The van der Waals surface area contributed by atoms with Crippen LogP contribution in [0.5, 0.6) is 0 Å². The normalized spacial score (nSPS) is 30.0. The molecule has 0 spiro atoms. The lowest BCUT2D eigenvalue weighted by molar-refractivity contribution is 0.104. The molecule has 2 saturated carbocycles. The van der Waals surface area contributed by atoms with Gasteiger partial charge in [-0.25, -0.2) is 0 Å². The number of nitrogens with zero attached hydrogens (tertiary/aromatic N) is 1. The van der Waals surface area contributed by atoms with Crippen molar-refractivity contribution in [3.63, 3.8) is 0 Å². The predicted molar refractivity (Wildman–Crippen MR) is 88.1 cm³/mol. The lowest BCUT2D eigenvalue weighted by Gasteiger charge is -2.40. The molecule has 0 amide bonds. The molecule has 20 heavy (non-hydrogen) atoms. The van der Waals surface area contributed by atoms with Gasteiger partial charge in [0.15, 0.2) is 0 Å². The minimum Gasteiger partial charge on any atom is -0.316 e. The average molecular weight is 280 g/mol. The van der Waals surface area contributed by atoms with Crippen LogP contribution in [0.1, 0.15) is 71.6 Å². The molecule has 0 heterocycles. The summed E-state index contributed by atoms with van der Waals surface area (Å²) in [5, 5.41) is 3.71. The monoisotopic (exact) mass is 280 g/mol. The molecule has 2 heteroatoms. The maximum atomic E-state index is 3.71. The van der Waals surface area contributed by atoms with Crippen LogP contribution in [0.25, 0.3) is 0 Å². The second kappa shape index (κ2) is 7.79. The first-order chi connectivity index (χ1) is 9.65. The summed E-state index contributed by atoms with van der Waals surface area (Å²) in [6, 6.07) is 0.856. The smallest absolute Gasteiger partial charge is 0.00926 e. The molecule has 2 rings (SSSR count). The molecule has 0 saturated heterocycles. The summed E-state index contributed by atoms with van der Waals surface area (Å²) in [6.07, 6.45) is 12.8. The van der Waals surface area contributed by atoms with E-state index >= 15 is 0 Å². The van der Waals surface area contributed by atoms with E-state index in [1.54, 1.807) is 0 Å². The molecule has 0 aliphatic heterocycles. The minimum absolute atomic E-state index is 0.576. The summed E-state index contributed by atoms with van der Waals surface area (Å²) in [6.45, 7) is 8.44. The third-order valence-corrected chi connectivity index (χ3v) is 5.78. The highest BCUT2D eigenvalue weighted by Gasteiger charge is 2.36. The van der Waals surface area contributed by atoms with Gasteiger partial charge in [0.1, 0.15) is 0 Å². The molecule has 2 fully saturated rings. The van der Waals surface area contributed by atoms with E-state index in [4.69, 9.17) is 0 Å². The molecule has 2 aliphatic rings. The van der Waals surface area contributed by atoms with Gasteiger partial charge >= 0.3 is 0 Å². The van der Waals surface area contributed by atoms with E-state index in [9.17, 15) is 0 Å². The Balaban J connectivity index is 1.83. The summed E-state index contributed by atoms with van der Waals surface area (Å²) >= 11 is 0. The standard InChI is InChI=1S/C18H36N2/c1-4-13-19-14-18(11-5-6-12-18)15-20(3)17-9-7-16(2)8-10-17/h16-17,19H,4-15H2,1-3H3. The fourth-order valence-corrected chi connectivity index (χ4v) is 4.39. The average Bonchev–Trinajstić information content (AvgIpc) is 2.88. The molecule has 0 aromatic heterocycles. The fraction of sp³-hybridized carbons (Fsp3) is 1.00. The van der Waals surface area contributed by atoms with Crippen LogP contribution in [-0.2, 0) is 0 Å². The van der Waals surface area contributed by atoms with E-state index in [1.165, 1.54) is 77.4 Å². The molecule has 0 unspecified atom stereocenters. The third-order valence-electron chi connectivity index (χ3n) is 5.78. The van der Waals surface area contributed by atoms with E-state index < -0.39 is 0 Å². The molecule has 0 aromatic carbocycles. The van der Waals surface area contributed by atoms with Crippen LogP contribution >= 0.6 is 0 Å². The Morgan fingerprint density at radius 3 is 2.35 bits per heavy atom. The summed E-state index contributed by atoms with van der Waals surface area (Å²) in [5.74, 6) is 0.964. The lowest BCUT2D eigenvalue weighted by atomic mass is 9.82. The highest BCUT2D eigenvalue weighted by Crippen LogP contribution is 2.39. The lowest BCUT2D eigenvalue weighted by Crippen LogP contribution is -2.45. The van der Waals surface area contributed by atoms with Crippen LogP contribution in [0, 0.1) is 11.3 Å². The molecule has 0 radical (unpaired) electrons. The van der Waals surface area contributed by atoms with Gasteiger partial charge in [-0.3, -0.25) is 0 Å². The van der Waals surface area contributed by atoms with Gasteiger partial charge in [-0.2, -0.15) is 0 Å². The Bertz CT molecular complexity index is 263. The molecule has 0 atom stereocenters. The van der Waals surface area contributed by atoms with Gasteiger partial charge in [0.2, 0.25) is 0 Å². The van der Waals surface area contributed by atoms with Crippen LogP contribution in [0.15, 0.2) is 0 Å². The topological polar surface area (TPSA) is 15.3 Å². The molecule has 2 nitrogen and oxygen atoms in total. The molecule has 2 aliphatic carbocycles. The zero-order chi connectivity index (χ0) is 14.4. The van der Waals surface area contributed by atoms with Crippen LogP contribution in [0.3, 0.4) is 0 Å². The largest absolute Gasteiger partial charge is 0.316 e. The van der Waals surface area contributed by atoms with E-state index in [2.05, 4.69) is 31.1 Å². The van der Waals surface area contributed by atoms with Gasteiger partial charge in [-0.1, -0.05) is 26.7 Å². The van der Waals surface area contributed by atoms with Crippen molar-refractivity contribution in [3.05, 3.63) is 0 Å². The van der Waals surface area contributed by atoms with Gasteiger partial charge in [0.05, 0.1) is 0 Å². The van der Waals surface area contributed by atoms with E-state index in [0.29, 0.717) is 5.41 Å². The molecule has 1 N–H and O–H groups in total. The fourth-order valence-electron chi connectivity index (χ4n) is 4.39. The highest BCUT2D eigenvalue weighted by molar-refractivity contribution is 4.91. The number of nitrogens with one attached hydrogen (secondary N) is 1. The van der Waals surface area contributed by atoms with Crippen molar-refractivity contribution >= 4 is 0 Å².